The summed E-state index contributed by atoms with van der Waals surface area (Å²) in [5, 5.41) is 10.9. The van der Waals surface area contributed by atoms with Crippen molar-refractivity contribution in [1.29, 1.82) is 0 Å². The Balaban J connectivity index is 3.64. The Hall–Kier alpha value is -0.570. The van der Waals surface area contributed by atoms with E-state index in [1.54, 1.807) is 0 Å². The molecule has 0 saturated carbocycles. The Morgan fingerprint density at radius 1 is 1.50 bits per heavy atom. The number of aliphatic hydroxyl groups is 1. The van der Waals surface area contributed by atoms with Crippen molar-refractivity contribution in [1.82, 2.24) is 5.32 Å². The van der Waals surface area contributed by atoms with Gasteiger partial charge in [0.05, 0.1) is 6.61 Å². The highest BCUT2D eigenvalue weighted by Crippen LogP contribution is 2.11. The minimum atomic E-state index is -0.352. The third-order valence-electron chi connectivity index (χ3n) is 1.08. The van der Waals surface area contributed by atoms with E-state index >= 15 is 0 Å². The summed E-state index contributed by atoms with van der Waals surface area (Å²) in [5.74, 6) is -0.0263. The summed E-state index contributed by atoms with van der Waals surface area (Å²) < 4.78 is 0. The Kier molecular flexibility index (Phi) is 3.36. The van der Waals surface area contributed by atoms with Crippen LogP contribution in [-0.4, -0.2) is 24.2 Å². The third kappa shape index (κ3) is 3.45. The summed E-state index contributed by atoms with van der Waals surface area (Å²) in [5.41, 5.74) is -0.352. The van der Waals surface area contributed by atoms with Gasteiger partial charge < -0.3 is 10.4 Å². The Morgan fingerprint density at radius 2 is 2.00 bits per heavy atom. The molecule has 0 fully saturated rings. The van der Waals surface area contributed by atoms with Gasteiger partial charge in [0.25, 0.3) is 0 Å². The number of amides is 1. The Bertz CT molecular complexity index is 115. The zero-order chi connectivity index (χ0) is 8.20. The van der Waals surface area contributed by atoms with Crippen molar-refractivity contribution >= 4 is 5.91 Å². The fourth-order valence-electron chi connectivity index (χ4n) is 0.435. The number of aliphatic hydroxyl groups excluding tert-OH is 1. The van der Waals surface area contributed by atoms with Gasteiger partial charge in [-0.1, -0.05) is 20.8 Å². The molecular weight excluding hydrogens is 130 g/mol. The van der Waals surface area contributed by atoms with Gasteiger partial charge in [0.15, 0.2) is 0 Å². The van der Waals surface area contributed by atoms with Gasteiger partial charge in [-0.25, -0.2) is 0 Å². The van der Waals surface area contributed by atoms with Crippen molar-refractivity contribution in [2.75, 3.05) is 13.2 Å². The van der Waals surface area contributed by atoms with Crippen LogP contribution in [0.1, 0.15) is 20.8 Å². The van der Waals surface area contributed by atoms with E-state index in [2.05, 4.69) is 5.32 Å². The molecule has 1 amide bonds. The minimum Gasteiger partial charge on any atom is -0.395 e. The van der Waals surface area contributed by atoms with Crippen LogP contribution < -0.4 is 5.32 Å². The standard InChI is InChI=1S/C7H15NO2/c1-7(2,3)6(10)8-4-5-9/h9H,4-5H2,1-3H3,(H,8,10). The number of hydrogen-bond acceptors (Lipinski definition) is 2. The molecule has 0 rings (SSSR count). The monoisotopic (exact) mass is 145 g/mol. The first-order valence-corrected chi connectivity index (χ1v) is 3.37. The first-order chi connectivity index (χ1) is 4.48. The highest BCUT2D eigenvalue weighted by Gasteiger charge is 2.19. The topological polar surface area (TPSA) is 49.3 Å². The molecule has 3 nitrogen and oxygen atoms in total. The van der Waals surface area contributed by atoms with Crippen LogP contribution in [0, 0.1) is 5.41 Å². The number of carbonyl (C=O) groups excluding carboxylic acids is 1. The van der Waals surface area contributed by atoms with Crippen molar-refractivity contribution in [2.24, 2.45) is 5.41 Å². The number of rotatable bonds is 2. The summed E-state index contributed by atoms with van der Waals surface area (Å²) in [6.07, 6.45) is 0. The lowest BCUT2D eigenvalue weighted by Crippen LogP contribution is -2.36. The van der Waals surface area contributed by atoms with Gasteiger partial charge in [0.1, 0.15) is 0 Å². The number of hydrogen-bond donors (Lipinski definition) is 2. The number of nitrogens with one attached hydrogen (secondary N) is 1. The number of carbonyl (C=O) groups is 1. The largest absolute Gasteiger partial charge is 0.395 e. The second-order valence-corrected chi connectivity index (χ2v) is 3.23. The van der Waals surface area contributed by atoms with E-state index in [1.807, 2.05) is 20.8 Å². The molecule has 0 aromatic carbocycles. The minimum absolute atomic E-state index is 0.00181. The van der Waals surface area contributed by atoms with Gasteiger partial charge in [0.2, 0.25) is 5.91 Å². The molecule has 0 aromatic rings. The van der Waals surface area contributed by atoms with Crippen LogP contribution in [0.5, 0.6) is 0 Å². The second-order valence-electron chi connectivity index (χ2n) is 3.23. The maximum Gasteiger partial charge on any atom is 0.225 e. The molecular formula is C7H15NO2. The average Bonchev–Trinajstić information content (AvgIpc) is 1.80. The molecule has 0 saturated heterocycles. The summed E-state index contributed by atoms with van der Waals surface area (Å²) in [7, 11) is 0. The molecule has 2 N–H and O–H groups in total. The zero-order valence-corrected chi connectivity index (χ0v) is 6.77. The van der Waals surface area contributed by atoms with E-state index in [9.17, 15) is 4.79 Å². The van der Waals surface area contributed by atoms with Crippen LogP contribution in [0.15, 0.2) is 0 Å². The maximum absolute atomic E-state index is 11.0. The van der Waals surface area contributed by atoms with E-state index in [0.29, 0.717) is 6.54 Å². The average molecular weight is 145 g/mol. The quantitative estimate of drug-likeness (QED) is 0.580. The zero-order valence-electron chi connectivity index (χ0n) is 6.77. The summed E-state index contributed by atoms with van der Waals surface area (Å²) >= 11 is 0. The molecule has 0 aromatic heterocycles. The van der Waals surface area contributed by atoms with Crippen molar-refractivity contribution in [2.45, 2.75) is 20.8 Å². The lowest BCUT2D eigenvalue weighted by Gasteiger charge is -2.16. The van der Waals surface area contributed by atoms with Crippen LogP contribution in [0.2, 0.25) is 0 Å². The summed E-state index contributed by atoms with van der Waals surface area (Å²) in [4.78, 5) is 11.0. The predicted molar refractivity (Wildman–Crippen MR) is 39.6 cm³/mol. The summed E-state index contributed by atoms with van der Waals surface area (Å²) in [6.45, 7) is 5.84. The van der Waals surface area contributed by atoms with E-state index in [-0.39, 0.29) is 17.9 Å². The van der Waals surface area contributed by atoms with Crippen molar-refractivity contribution < 1.29 is 9.90 Å². The molecule has 10 heavy (non-hydrogen) atoms. The molecule has 0 bridgehead atoms. The van der Waals surface area contributed by atoms with Crippen LogP contribution in [0.4, 0.5) is 0 Å². The Morgan fingerprint density at radius 3 is 2.30 bits per heavy atom. The van der Waals surface area contributed by atoms with E-state index in [4.69, 9.17) is 5.11 Å². The molecule has 60 valence electrons. The first-order valence-electron chi connectivity index (χ1n) is 3.37. The van der Waals surface area contributed by atoms with Gasteiger partial charge in [-0.05, 0) is 0 Å². The molecule has 0 radical (unpaired) electrons. The lowest BCUT2D eigenvalue weighted by atomic mass is 9.96. The van der Waals surface area contributed by atoms with Gasteiger partial charge in [-0.3, -0.25) is 4.79 Å². The van der Waals surface area contributed by atoms with Crippen LogP contribution in [0.25, 0.3) is 0 Å². The van der Waals surface area contributed by atoms with Gasteiger partial charge in [-0.15, -0.1) is 0 Å². The Labute approximate surface area is 61.4 Å². The molecule has 0 spiro atoms. The smallest absolute Gasteiger partial charge is 0.225 e. The van der Waals surface area contributed by atoms with Crippen molar-refractivity contribution in [3.63, 3.8) is 0 Å². The van der Waals surface area contributed by atoms with Gasteiger partial charge in [0, 0.05) is 12.0 Å². The maximum atomic E-state index is 11.0. The normalized spacial score (nSPS) is 11.2. The highest BCUT2D eigenvalue weighted by atomic mass is 16.3. The van der Waals surface area contributed by atoms with Crippen molar-refractivity contribution in [3.8, 4) is 0 Å². The SMILES string of the molecule is CC(C)(C)C(=O)NCCO. The van der Waals surface area contributed by atoms with Crippen LogP contribution in [-0.2, 0) is 4.79 Å². The summed E-state index contributed by atoms with van der Waals surface area (Å²) in [6, 6.07) is 0. The van der Waals surface area contributed by atoms with Gasteiger partial charge >= 0.3 is 0 Å². The van der Waals surface area contributed by atoms with E-state index in [0.717, 1.165) is 0 Å². The molecule has 0 atom stereocenters. The molecule has 0 heterocycles. The van der Waals surface area contributed by atoms with Crippen LogP contribution >= 0.6 is 0 Å². The first kappa shape index (κ1) is 9.43. The van der Waals surface area contributed by atoms with E-state index in [1.165, 1.54) is 0 Å². The molecule has 3 heteroatoms. The highest BCUT2D eigenvalue weighted by molar-refractivity contribution is 5.81. The molecule has 0 aliphatic carbocycles. The molecule has 0 aliphatic heterocycles. The second kappa shape index (κ2) is 3.56. The van der Waals surface area contributed by atoms with E-state index < -0.39 is 0 Å². The van der Waals surface area contributed by atoms with Gasteiger partial charge in [-0.2, -0.15) is 0 Å². The van der Waals surface area contributed by atoms with Crippen molar-refractivity contribution in [3.05, 3.63) is 0 Å². The molecule has 0 aliphatic rings. The van der Waals surface area contributed by atoms with Crippen LogP contribution in [0.3, 0.4) is 0 Å². The fourth-order valence-corrected chi connectivity index (χ4v) is 0.435. The molecule has 0 unspecified atom stereocenters. The lowest BCUT2D eigenvalue weighted by molar-refractivity contribution is -0.128. The fraction of sp³-hybridized carbons (Fsp3) is 0.857. The third-order valence-corrected chi connectivity index (χ3v) is 1.08. The predicted octanol–water partition coefficient (Wildman–Crippen LogP) is 0.141.